The largest absolute Gasteiger partial charge is 0.356 e. The lowest BCUT2D eigenvalue weighted by Gasteiger charge is -2.16. The second-order valence-corrected chi connectivity index (χ2v) is 4.23. The fourth-order valence-corrected chi connectivity index (χ4v) is 2.02. The number of imidazole rings is 1. The molecule has 0 aliphatic carbocycles. The molecule has 0 bridgehead atoms. The van der Waals surface area contributed by atoms with Gasteiger partial charge < -0.3 is 9.88 Å². The Morgan fingerprint density at radius 1 is 1.29 bits per heavy atom. The summed E-state index contributed by atoms with van der Waals surface area (Å²) < 4.78 is 2.19. The van der Waals surface area contributed by atoms with Crippen LogP contribution in [0.2, 0.25) is 0 Å². The Hall–Kier alpha value is -1.77. The zero-order valence-corrected chi connectivity index (χ0v) is 10.4. The van der Waals surface area contributed by atoms with E-state index in [4.69, 9.17) is 0 Å². The third-order valence-electron chi connectivity index (χ3n) is 2.85. The van der Waals surface area contributed by atoms with Crippen molar-refractivity contribution in [3.8, 4) is 0 Å². The quantitative estimate of drug-likeness (QED) is 0.853. The zero-order valence-electron chi connectivity index (χ0n) is 10.4. The highest BCUT2D eigenvalue weighted by Crippen LogP contribution is 2.18. The lowest BCUT2D eigenvalue weighted by atomic mass is 10.1. The minimum absolute atomic E-state index is 0.411. The van der Waals surface area contributed by atoms with E-state index in [0.717, 1.165) is 18.9 Å². The molecular formula is C14H19N3. The summed E-state index contributed by atoms with van der Waals surface area (Å²) in [4.78, 5) is 4.32. The van der Waals surface area contributed by atoms with Crippen LogP contribution in [0.4, 0.5) is 5.95 Å². The van der Waals surface area contributed by atoms with E-state index in [9.17, 15) is 0 Å². The van der Waals surface area contributed by atoms with Crippen molar-refractivity contribution in [3.05, 3.63) is 48.3 Å². The summed E-state index contributed by atoms with van der Waals surface area (Å²) in [5.41, 5.74) is 1.36. The Labute approximate surface area is 103 Å². The van der Waals surface area contributed by atoms with E-state index in [1.807, 2.05) is 12.4 Å². The molecule has 0 fully saturated rings. The van der Waals surface area contributed by atoms with Crippen molar-refractivity contribution in [2.75, 3.05) is 11.9 Å². The van der Waals surface area contributed by atoms with E-state index >= 15 is 0 Å². The average Bonchev–Trinajstić information content (AvgIpc) is 2.79. The first kappa shape index (κ1) is 11.7. The molecule has 3 nitrogen and oxygen atoms in total. The Morgan fingerprint density at radius 2 is 2.06 bits per heavy atom. The van der Waals surface area contributed by atoms with Gasteiger partial charge in [-0.3, -0.25) is 0 Å². The van der Waals surface area contributed by atoms with Crippen molar-refractivity contribution >= 4 is 5.95 Å². The summed E-state index contributed by atoms with van der Waals surface area (Å²) in [5.74, 6) is 0.955. The maximum absolute atomic E-state index is 4.32. The Morgan fingerprint density at radius 3 is 2.76 bits per heavy atom. The highest BCUT2D eigenvalue weighted by Gasteiger charge is 2.09. The van der Waals surface area contributed by atoms with Crippen LogP contribution in [0.1, 0.15) is 25.5 Å². The number of anilines is 1. The molecule has 0 saturated carbocycles. The zero-order chi connectivity index (χ0) is 12.1. The van der Waals surface area contributed by atoms with E-state index in [-0.39, 0.29) is 0 Å². The molecule has 1 heterocycles. The van der Waals surface area contributed by atoms with Crippen molar-refractivity contribution in [2.45, 2.75) is 26.3 Å². The predicted molar refractivity (Wildman–Crippen MR) is 71.2 cm³/mol. The molecule has 1 N–H and O–H groups in total. The average molecular weight is 229 g/mol. The number of nitrogens with zero attached hydrogens (tertiary/aromatic N) is 2. The van der Waals surface area contributed by atoms with Crippen molar-refractivity contribution in [1.29, 1.82) is 0 Å². The van der Waals surface area contributed by atoms with Crippen LogP contribution in [-0.4, -0.2) is 16.1 Å². The van der Waals surface area contributed by atoms with Crippen molar-refractivity contribution in [2.24, 2.45) is 0 Å². The molecule has 3 heteroatoms. The standard InChI is InChI=1S/C14H19N3/c1-3-15-14-16-9-10-17(14)12(2)11-13-7-5-4-6-8-13/h4-10,12H,3,11H2,1-2H3,(H,15,16). The molecule has 90 valence electrons. The minimum Gasteiger partial charge on any atom is -0.356 e. The monoisotopic (exact) mass is 229 g/mol. The summed E-state index contributed by atoms with van der Waals surface area (Å²) in [7, 11) is 0. The van der Waals surface area contributed by atoms with E-state index < -0.39 is 0 Å². The first-order valence-corrected chi connectivity index (χ1v) is 6.12. The Bertz CT molecular complexity index is 448. The number of benzene rings is 1. The highest BCUT2D eigenvalue weighted by molar-refractivity contribution is 5.27. The van der Waals surface area contributed by atoms with Crippen LogP contribution in [0.25, 0.3) is 0 Å². The summed E-state index contributed by atoms with van der Waals surface area (Å²) in [5, 5.41) is 3.27. The van der Waals surface area contributed by atoms with Crippen LogP contribution in [0.15, 0.2) is 42.7 Å². The van der Waals surface area contributed by atoms with Gasteiger partial charge in [0.1, 0.15) is 0 Å². The molecule has 0 radical (unpaired) electrons. The highest BCUT2D eigenvalue weighted by atomic mass is 15.2. The molecule has 1 atom stereocenters. The summed E-state index contributed by atoms with van der Waals surface area (Å²) in [6.45, 7) is 5.20. The van der Waals surface area contributed by atoms with E-state index in [1.54, 1.807) is 0 Å². The van der Waals surface area contributed by atoms with Gasteiger partial charge in [0, 0.05) is 25.0 Å². The van der Waals surface area contributed by atoms with Gasteiger partial charge in [-0.25, -0.2) is 4.98 Å². The molecule has 1 aromatic heterocycles. The maximum atomic E-state index is 4.32. The fraction of sp³-hybridized carbons (Fsp3) is 0.357. The Balaban J connectivity index is 2.09. The molecule has 0 amide bonds. The molecule has 0 aliphatic heterocycles. The number of hydrogen-bond donors (Lipinski definition) is 1. The van der Waals surface area contributed by atoms with Gasteiger partial charge in [0.15, 0.2) is 0 Å². The van der Waals surface area contributed by atoms with Gasteiger partial charge in [0.25, 0.3) is 0 Å². The smallest absolute Gasteiger partial charge is 0.203 e. The van der Waals surface area contributed by atoms with Crippen LogP contribution in [-0.2, 0) is 6.42 Å². The summed E-state index contributed by atoms with van der Waals surface area (Å²) in [6.07, 6.45) is 4.90. The molecule has 0 aliphatic rings. The second kappa shape index (κ2) is 5.53. The van der Waals surface area contributed by atoms with Gasteiger partial charge in [-0.05, 0) is 25.8 Å². The molecule has 17 heavy (non-hydrogen) atoms. The summed E-state index contributed by atoms with van der Waals surface area (Å²) in [6, 6.07) is 11.0. The van der Waals surface area contributed by atoms with E-state index in [0.29, 0.717) is 6.04 Å². The van der Waals surface area contributed by atoms with Gasteiger partial charge in [-0.2, -0.15) is 0 Å². The molecule has 2 rings (SSSR count). The predicted octanol–water partition coefficient (Wildman–Crippen LogP) is 3.12. The number of hydrogen-bond acceptors (Lipinski definition) is 2. The first-order valence-electron chi connectivity index (χ1n) is 6.12. The SMILES string of the molecule is CCNc1nccn1C(C)Cc1ccccc1. The van der Waals surface area contributed by atoms with Gasteiger partial charge in [-0.15, -0.1) is 0 Å². The van der Waals surface area contributed by atoms with Gasteiger partial charge >= 0.3 is 0 Å². The van der Waals surface area contributed by atoms with Crippen LogP contribution in [0, 0.1) is 0 Å². The Kier molecular flexibility index (Phi) is 3.81. The molecule has 1 aromatic carbocycles. The van der Waals surface area contributed by atoms with Crippen LogP contribution < -0.4 is 5.32 Å². The molecule has 1 unspecified atom stereocenters. The van der Waals surface area contributed by atoms with Gasteiger partial charge in [0.05, 0.1) is 0 Å². The van der Waals surface area contributed by atoms with Crippen LogP contribution in [0.3, 0.4) is 0 Å². The third kappa shape index (κ3) is 2.87. The molecule has 0 saturated heterocycles. The second-order valence-electron chi connectivity index (χ2n) is 4.23. The fourth-order valence-electron chi connectivity index (χ4n) is 2.02. The molecule has 0 spiro atoms. The van der Waals surface area contributed by atoms with Gasteiger partial charge in [-0.1, -0.05) is 30.3 Å². The molecule has 2 aromatic rings. The summed E-state index contributed by atoms with van der Waals surface area (Å²) >= 11 is 0. The van der Waals surface area contributed by atoms with Crippen molar-refractivity contribution in [3.63, 3.8) is 0 Å². The minimum atomic E-state index is 0.411. The van der Waals surface area contributed by atoms with E-state index in [2.05, 4.69) is 59.0 Å². The normalized spacial score (nSPS) is 12.4. The maximum Gasteiger partial charge on any atom is 0.203 e. The van der Waals surface area contributed by atoms with Crippen LogP contribution in [0.5, 0.6) is 0 Å². The lowest BCUT2D eigenvalue weighted by Crippen LogP contribution is -2.12. The van der Waals surface area contributed by atoms with Crippen LogP contribution >= 0.6 is 0 Å². The van der Waals surface area contributed by atoms with Gasteiger partial charge in [0.2, 0.25) is 5.95 Å². The van der Waals surface area contributed by atoms with Crippen molar-refractivity contribution < 1.29 is 0 Å². The molecular weight excluding hydrogens is 210 g/mol. The van der Waals surface area contributed by atoms with E-state index in [1.165, 1.54) is 5.56 Å². The third-order valence-corrected chi connectivity index (χ3v) is 2.85. The first-order chi connectivity index (χ1) is 8.31. The number of nitrogens with one attached hydrogen (secondary N) is 1. The lowest BCUT2D eigenvalue weighted by molar-refractivity contribution is 0.549. The topological polar surface area (TPSA) is 29.9 Å². The number of aromatic nitrogens is 2. The van der Waals surface area contributed by atoms with Crippen molar-refractivity contribution in [1.82, 2.24) is 9.55 Å². The number of rotatable bonds is 5.